The summed E-state index contributed by atoms with van der Waals surface area (Å²) in [6, 6.07) is 5.22. The summed E-state index contributed by atoms with van der Waals surface area (Å²) in [6.45, 7) is 9.60. The molecule has 1 unspecified atom stereocenters. The summed E-state index contributed by atoms with van der Waals surface area (Å²) in [4.78, 5) is 13.2. The molecular weight excluding hydrogens is 319 g/mol. The van der Waals surface area contributed by atoms with Crippen LogP contribution in [0.2, 0.25) is 0 Å². The van der Waals surface area contributed by atoms with Crippen LogP contribution < -0.4 is 9.64 Å². The van der Waals surface area contributed by atoms with E-state index in [2.05, 4.69) is 33.6 Å². The monoisotopic (exact) mass is 344 g/mol. The number of aryl methyl sites for hydroxylation is 1. The number of piperazine rings is 1. The normalized spacial score (nSPS) is 18.4. The van der Waals surface area contributed by atoms with Gasteiger partial charge in [-0.3, -0.25) is 9.88 Å². The topological polar surface area (TPSA) is 41.5 Å². The predicted molar refractivity (Wildman–Crippen MR) is 96.5 cm³/mol. The molecule has 0 bridgehead atoms. The van der Waals surface area contributed by atoms with E-state index in [1.54, 1.807) is 13.2 Å². The lowest BCUT2D eigenvalue weighted by Crippen LogP contribution is -2.52. The van der Waals surface area contributed by atoms with Gasteiger partial charge in [0.1, 0.15) is 11.6 Å². The summed E-state index contributed by atoms with van der Waals surface area (Å²) in [5.41, 5.74) is 3.20. The van der Waals surface area contributed by atoms with Crippen LogP contribution in [0.3, 0.4) is 0 Å². The highest BCUT2D eigenvalue weighted by Gasteiger charge is 2.25. The van der Waals surface area contributed by atoms with E-state index < -0.39 is 5.95 Å². The SMILES string of the molecule is COc1c(C)cnc(CN2CCN(c3cccc(F)n3)C(C)C2)c1C. The van der Waals surface area contributed by atoms with Crippen LogP contribution >= 0.6 is 0 Å². The molecule has 0 saturated carbocycles. The molecule has 1 atom stereocenters. The third kappa shape index (κ3) is 3.74. The molecule has 5 nitrogen and oxygen atoms in total. The molecular formula is C19H25FN4O. The van der Waals surface area contributed by atoms with Gasteiger partial charge in [0.15, 0.2) is 0 Å². The second kappa shape index (κ2) is 7.35. The van der Waals surface area contributed by atoms with Crippen molar-refractivity contribution < 1.29 is 9.13 Å². The summed E-state index contributed by atoms with van der Waals surface area (Å²) in [7, 11) is 1.70. The van der Waals surface area contributed by atoms with Gasteiger partial charge in [0.2, 0.25) is 5.95 Å². The molecule has 0 radical (unpaired) electrons. The van der Waals surface area contributed by atoms with E-state index in [-0.39, 0.29) is 6.04 Å². The van der Waals surface area contributed by atoms with Crippen LogP contribution in [0.5, 0.6) is 5.75 Å². The Morgan fingerprint density at radius 3 is 2.76 bits per heavy atom. The zero-order valence-corrected chi connectivity index (χ0v) is 15.3. The summed E-state index contributed by atoms with van der Waals surface area (Å²) >= 11 is 0. The molecule has 0 aromatic carbocycles. The van der Waals surface area contributed by atoms with E-state index in [0.29, 0.717) is 5.82 Å². The minimum absolute atomic E-state index is 0.260. The maximum atomic E-state index is 13.4. The Kier molecular flexibility index (Phi) is 5.18. The lowest BCUT2D eigenvalue weighted by Gasteiger charge is -2.40. The number of rotatable bonds is 4. The van der Waals surface area contributed by atoms with Crippen LogP contribution in [0.25, 0.3) is 0 Å². The lowest BCUT2D eigenvalue weighted by atomic mass is 10.1. The highest BCUT2D eigenvalue weighted by molar-refractivity contribution is 5.42. The fraction of sp³-hybridized carbons (Fsp3) is 0.474. The first kappa shape index (κ1) is 17.6. The third-order valence-corrected chi connectivity index (χ3v) is 4.83. The van der Waals surface area contributed by atoms with Gasteiger partial charge in [0.05, 0.1) is 12.8 Å². The second-order valence-corrected chi connectivity index (χ2v) is 6.64. The van der Waals surface area contributed by atoms with E-state index in [1.807, 2.05) is 19.2 Å². The smallest absolute Gasteiger partial charge is 0.214 e. The zero-order chi connectivity index (χ0) is 18.0. The summed E-state index contributed by atoms with van der Waals surface area (Å²) in [5.74, 6) is 1.19. The number of hydrogen-bond acceptors (Lipinski definition) is 5. The van der Waals surface area contributed by atoms with Gasteiger partial charge in [-0.15, -0.1) is 0 Å². The van der Waals surface area contributed by atoms with Crippen molar-refractivity contribution in [1.29, 1.82) is 0 Å². The van der Waals surface area contributed by atoms with E-state index in [4.69, 9.17) is 4.74 Å². The Hall–Kier alpha value is -2.21. The molecule has 1 saturated heterocycles. The van der Waals surface area contributed by atoms with Gasteiger partial charge in [-0.25, -0.2) is 4.98 Å². The number of anilines is 1. The Bertz CT molecular complexity index is 752. The average Bonchev–Trinajstić information content (AvgIpc) is 2.58. The van der Waals surface area contributed by atoms with E-state index >= 15 is 0 Å². The van der Waals surface area contributed by atoms with Gasteiger partial charge in [0, 0.05) is 49.5 Å². The van der Waals surface area contributed by atoms with Crippen LogP contribution in [-0.2, 0) is 6.54 Å². The Balaban J connectivity index is 1.70. The number of halogens is 1. The number of pyridine rings is 2. The number of methoxy groups -OCH3 is 1. The van der Waals surface area contributed by atoms with Crippen LogP contribution in [0, 0.1) is 19.8 Å². The molecule has 0 spiro atoms. The first-order valence-corrected chi connectivity index (χ1v) is 8.60. The van der Waals surface area contributed by atoms with Crippen LogP contribution in [0.4, 0.5) is 10.2 Å². The standard InChI is InChI=1S/C19H25FN4O/c1-13-10-21-16(15(3)19(13)25-4)12-23-8-9-24(14(2)11-23)18-7-5-6-17(20)22-18/h5-7,10,14H,8-9,11-12H2,1-4H3. The molecule has 2 aromatic heterocycles. The van der Waals surface area contributed by atoms with Crippen molar-refractivity contribution in [3.63, 3.8) is 0 Å². The molecule has 134 valence electrons. The molecule has 3 heterocycles. The third-order valence-electron chi connectivity index (χ3n) is 4.83. The Morgan fingerprint density at radius 2 is 2.08 bits per heavy atom. The van der Waals surface area contributed by atoms with Gasteiger partial charge in [-0.1, -0.05) is 6.07 Å². The zero-order valence-electron chi connectivity index (χ0n) is 15.3. The van der Waals surface area contributed by atoms with Crippen LogP contribution in [-0.4, -0.2) is 47.7 Å². The molecule has 0 amide bonds. The Labute approximate surface area is 148 Å². The number of ether oxygens (including phenoxy) is 1. The van der Waals surface area contributed by atoms with Gasteiger partial charge in [0.25, 0.3) is 0 Å². The van der Waals surface area contributed by atoms with Crippen molar-refractivity contribution in [3.05, 3.63) is 47.2 Å². The summed E-state index contributed by atoms with van der Waals surface area (Å²) < 4.78 is 18.9. The fourth-order valence-corrected chi connectivity index (χ4v) is 3.52. The molecule has 25 heavy (non-hydrogen) atoms. The number of aromatic nitrogens is 2. The molecule has 2 aromatic rings. The van der Waals surface area contributed by atoms with Crippen molar-refractivity contribution >= 4 is 5.82 Å². The highest BCUT2D eigenvalue weighted by atomic mass is 19.1. The average molecular weight is 344 g/mol. The maximum Gasteiger partial charge on any atom is 0.214 e. The number of nitrogens with zero attached hydrogens (tertiary/aromatic N) is 4. The summed E-state index contributed by atoms with van der Waals surface area (Å²) in [6.07, 6.45) is 1.87. The minimum atomic E-state index is -0.432. The van der Waals surface area contributed by atoms with E-state index in [0.717, 1.165) is 48.7 Å². The van der Waals surface area contributed by atoms with Crippen molar-refractivity contribution in [2.24, 2.45) is 0 Å². The maximum absolute atomic E-state index is 13.4. The van der Waals surface area contributed by atoms with Crippen molar-refractivity contribution in [2.45, 2.75) is 33.4 Å². The first-order valence-electron chi connectivity index (χ1n) is 8.60. The molecule has 1 aliphatic rings. The molecule has 1 aliphatic heterocycles. The minimum Gasteiger partial charge on any atom is -0.496 e. The molecule has 3 rings (SSSR count). The van der Waals surface area contributed by atoms with Gasteiger partial charge in [-0.05, 0) is 32.9 Å². The van der Waals surface area contributed by atoms with Gasteiger partial charge < -0.3 is 9.64 Å². The quantitative estimate of drug-likeness (QED) is 0.798. The molecule has 6 heteroatoms. The van der Waals surface area contributed by atoms with Gasteiger partial charge >= 0.3 is 0 Å². The van der Waals surface area contributed by atoms with Crippen molar-refractivity contribution in [3.8, 4) is 5.75 Å². The first-order chi connectivity index (χ1) is 12.0. The lowest BCUT2D eigenvalue weighted by molar-refractivity contribution is 0.217. The Morgan fingerprint density at radius 1 is 1.28 bits per heavy atom. The second-order valence-electron chi connectivity index (χ2n) is 6.64. The largest absolute Gasteiger partial charge is 0.496 e. The fourth-order valence-electron chi connectivity index (χ4n) is 3.52. The van der Waals surface area contributed by atoms with E-state index in [9.17, 15) is 4.39 Å². The summed E-state index contributed by atoms with van der Waals surface area (Å²) in [5, 5.41) is 0. The molecule has 0 aliphatic carbocycles. The number of hydrogen-bond donors (Lipinski definition) is 0. The van der Waals surface area contributed by atoms with Crippen LogP contribution in [0.1, 0.15) is 23.7 Å². The molecule has 1 fully saturated rings. The highest BCUT2D eigenvalue weighted by Crippen LogP contribution is 2.26. The molecule has 0 N–H and O–H groups in total. The van der Waals surface area contributed by atoms with Crippen molar-refractivity contribution in [2.75, 3.05) is 31.6 Å². The van der Waals surface area contributed by atoms with Crippen LogP contribution in [0.15, 0.2) is 24.4 Å². The van der Waals surface area contributed by atoms with Gasteiger partial charge in [-0.2, -0.15) is 4.39 Å². The predicted octanol–water partition coefficient (Wildman–Crippen LogP) is 2.95. The van der Waals surface area contributed by atoms with E-state index in [1.165, 1.54) is 6.07 Å². The van der Waals surface area contributed by atoms with Crippen molar-refractivity contribution in [1.82, 2.24) is 14.9 Å².